The molecule has 0 bridgehead atoms. The standard InChI is InChI=1S/C17H23NO5S/c1-20-13-10-15(22-3)14(21-2)9-11(13)17-18(6-8-24-17)16(19)12-5-4-7-23-12/h9-10,12,17H,4-8H2,1-3H3. The van der Waals surface area contributed by atoms with Crippen molar-refractivity contribution in [1.29, 1.82) is 0 Å². The summed E-state index contributed by atoms with van der Waals surface area (Å²) in [6.07, 6.45) is 1.44. The molecule has 2 aliphatic rings. The second kappa shape index (κ2) is 7.53. The summed E-state index contributed by atoms with van der Waals surface area (Å²) in [6, 6.07) is 3.71. The van der Waals surface area contributed by atoms with Crippen LogP contribution in [-0.2, 0) is 9.53 Å². The van der Waals surface area contributed by atoms with Crippen molar-refractivity contribution in [3.05, 3.63) is 17.7 Å². The Morgan fingerprint density at radius 3 is 2.50 bits per heavy atom. The fourth-order valence-electron chi connectivity index (χ4n) is 3.16. The minimum atomic E-state index is -0.308. The molecular weight excluding hydrogens is 330 g/mol. The van der Waals surface area contributed by atoms with Gasteiger partial charge in [-0.05, 0) is 18.9 Å². The molecule has 3 rings (SSSR count). The number of methoxy groups -OCH3 is 3. The second-order valence-electron chi connectivity index (χ2n) is 5.71. The van der Waals surface area contributed by atoms with E-state index in [1.807, 2.05) is 17.0 Å². The van der Waals surface area contributed by atoms with Crippen LogP contribution in [0, 0.1) is 0 Å². The molecule has 132 valence electrons. The smallest absolute Gasteiger partial charge is 0.252 e. The van der Waals surface area contributed by atoms with E-state index in [1.165, 1.54) is 0 Å². The van der Waals surface area contributed by atoms with E-state index in [4.69, 9.17) is 18.9 Å². The fraction of sp³-hybridized carbons (Fsp3) is 0.588. The van der Waals surface area contributed by atoms with Gasteiger partial charge in [-0.15, -0.1) is 11.8 Å². The zero-order chi connectivity index (χ0) is 17.1. The molecule has 2 fully saturated rings. The number of thioether (sulfide) groups is 1. The molecule has 0 N–H and O–H groups in total. The van der Waals surface area contributed by atoms with Crippen LogP contribution < -0.4 is 14.2 Å². The molecule has 0 radical (unpaired) electrons. The lowest BCUT2D eigenvalue weighted by molar-refractivity contribution is -0.141. The van der Waals surface area contributed by atoms with E-state index in [1.54, 1.807) is 33.1 Å². The molecule has 7 heteroatoms. The van der Waals surface area contributed by atoms with Crippen molar-refractivity contribution in [2.75, 3.05) is 40.2 Å². The first-order valence-corrected chi connectivity index (χ1v) is 9.08. The molecule has 2 unspecified atom stereocenters. The lowest BCUT2D eigenvalue weighted by Crippen LogP contribution is -2.38. The van der Waals surface area contributed by atoms with Crippen LogP contribution in [0.4, 0.5) is 0 Å². The number of nitrogens with zero attached hydrogens (tertiary/aromatic N) is 1. The minimum Gasteiger partial charge on any atom is -0.496 e. The Kier molecular flexibility index (Phi) is 5.40. The molecule has 1 aromatic carbocycles. The van der Waals surface area contributed by atoms with Crippen LogP contribution >= 0.6 is 11.8 Å². The summed E-state index contributed by atoms with van der Waals surface area (Å²) in [7, 11) is 4.82. The highest BCUT2D eigenvalue weighted by Gasteiger charge is 2.38. The summed E-state index contributed by atoms with van der Waals surface area (Å²) in [6.45, 7) is 1.38. The Labute approximate surface area is 146 Å². The lowest BCUT2D eigenvalue weighted by atomic mass is 10.1. The van der Waals surface area contributed by atoms with Crippen molar-refractivity contribution in [2.45, 2.75) is 24.3 Å². The van der Waals surface area contributed by atoms with Crippen molar-refractivity contribution < 1.29 is 23.7 Å². The van der Waals surface area contributed by atoms with E-state index < -0.39 is 0 Å². The van der Waals surface area contributed by atoms with Crippen molar-refractivity contribution >= 4 is 17.7 Å². The number of carbonyl (C=O) groups is 1. The predicted molar refractivity (Wildman–Crippen MR) is 92.0 cm³/mol. The second-order valence-corrected chi connectivity index (χ2v) is 6.89. The minimum absolute atomic E-state index is 0.0688. The molecule has 0 saturated carbocycles. The molecule has 1 amide bonds. The number of rotatable bonds is 5. The summed E-state index contributed by atoms with van der Waals surface area (Å²) >= 11 is 1.73. The molecule has 0 aliphatic carbocycles. The Morgan fingerprint density at radius 1 is 1.17 bits per heavy atom. The highest BCUT2D eigenvalue weighted by molar-refractivity contribution is 7.99. The van der Waals surface area contributed by atoms with Gasteiger partial charge in [-0.2, -0.15) is 0 Å². The monoisotopic (exact) mass is 353 g/mol. The maximum atomic E-state index is 12.8. The largest absolute Gasteiger partial charge is 0.496 e. The molecule has 0 aromatic heterocycles. The van der Waals surface area contributed by atoms with Crippen molar-refractivity contribution in [1.82, 2.24) is 4.90 Å². The van der Waals surface area contributed by atoms with Gasteiger partial charge in [-0.25, -0.2) is 0 Å². The molecular formula is C17H23NO5S. The van der Waals surface area contributed by atoms with Gasteiger partial charge in [0.25, 0.3) is 5.91 Å². The number of ether oxygens (including phenoxy) is 4. The molecule has 2 atom stereocenters. The molecule has 2 heterocycles. The summed E-state index contributed by atoms with van der Waals surface area (Å²) in [5, 5.41) is -0.101. The third-order valence-electron chi connectivity index (χ3n) is 4.38. The first-order chi connectivity index (χ1) is 11.7. The Balaban J connectivity index is 1.92. The SMILES string of the molecule is COc1cc(OC)c(C2SCCN2C(=O)C2CCCO2)cc1OC. The molecule has 1 aromatic rings. The number of carbonyl (C=O) groups excluding carboxylic acids is 1. The van der Waals surface area contributed by atoms with E-state index in [2.05, 4.69) is 0 Å². The lowest BCUT2D eigenvalue weighted by Gasteiger charge is -2.28. The third kappa shape index (κ3) is 3.15. The van der Waals surface area contributed by atoms with Crippen LogP contribution in [0.3, 0.4) is 0 Å². The highest BCUT2D eigenvalue weighted by atomic mass is 32.2. The van der Waals surface area contributed by atoms with Crippen LogP contribution in [0.15, 0.2) is 12.1 Å². The summed E-state index contributed by atoms with van der Waals surface area (Å²) in [4.78, 5) is 14.7. The van der Waals surface area contributed by atoms with Gasteiger partial charge in [-0.3, -0.25) is 4.79 Å². The van der Waals surface area contributed by atoms with E-state index >= 15 is 0 Å². The highest BCUT2D eigenvalue weighted by Crippen LogP contribution is 2.46. The first-order valence-electron chi connectivity index (χ1n) is 8.03. The topological polar surface area (TPSA) is 57.2 Å². The van der Waals surface area contributed by atoms with Gasteiger partial charge < -0.3 is 23.8 Å². The Morgan fingerprint density at radius 2 is 1.88 bits per heavy atom. The molecule has 2 saturated heterocycles. The average molecular weight is 353 g/mol. The van der Waals surface area contributed by atoms with Gasteiger partial charge >= 0.3 is 0 Å². The van der Waals surface area contributed by atoms with Crippen LogP contribution in [0.5, 0.6) is 17.2 Å². The molecule has 2 aliphatic heterocycles. The first kappa shape index (κ1) is 17.2. The molecule has 24 heavy (non-hydrogen) atoms. The fourth-order valence-corrected chi connectivity index (χ4v) is 4.43. The normalized spacial score (nSPS) is 23.4. The number of amides is 1. The van der Waals surface area contributed by atoms with E-state index in [9.17, 15) is 4.79 Å². The summed E-state index contributed by atoms with van der Waals surface area (Å²) in [5.41, 5.74) is 0.920. The van der Waals surface area contributed by atoms with Gasteiger partial charge in [0.1, 0.15) is 17.2 Å². The van der Waals surface area contributed by atoms with Crippen molar-refractivity contribution in [2.24, 2.45) is 0 Å². The van der Waals surface area contributed by atoms with Crippen molar-refractivity contribution in [3.8, 4) is 17.2 Å². The summed E-state index contributed by atoms with van der Waals surface area (Å²) in [5.74, 6) is 2.89. The third-order valence-corrected chi connectivity index (χ3v) is 5.62. The molecule has 0 spiro atoms. The van der Waals surface area contributed by atoms with Gasteiger partial charge in [0, 0.05) is 30.5 Å². The zero-order valence-electron chi connectivity index (χ0n) is 14.2. The maximum Gasteiger partial charge on any atom is 0.252 e. The van der Waals surface area contributed by atoms with Gasteiger partial charge in [0.2, 0.25) is 0 Å². The zero-order valence-corrected chi connectivity index (χ0v) is 15.1. The van der Waals surface area contributed by atoms with Crippen LogP contribution in [-0.4, -0.2) is 57.1 Å². The quantitative estimate of drug-likeness (QED) is 0.811. The molecule has 6 nitrogen and oxygen atoms in total. The maximum absolute atomic E-state index is 12.8. The summed E-state index contributed by atoms with van der Waals surface area (Å²) < 4.78 is 21.9. The van der Waals surface area contributed by atoms with Crippen LogP contribution in [0.1, 0.15) is 23.8 Å². The predicted octanol–water partition coefficient (Wildman–Crippen LogP) is 2.47. The Hall–Kier alpha value is -1.60. The van der Waals surface area contributed by atoms with Crippen LogP contribution in [0.25, 0.3) is 0 Å². The van der Waals surface area contributed by atoms with Gasteiger partial charge in [-0.1, -0.05) is 0 Å². The van der Waals surface area contributed by atoms with E-state index in [-0.39, 0.29) is 17.4 Å². The number of benzene rings is 1. The average Bonchev–Trinajstić information content (AvgIpc) is 3.31. The van der Waals surface area contributed by atoms with Gasteiger partial charge in [0.05, 0.1) is 21.3 Å². The van der Waals surface area contributed by atoms with Gasteiger partial charge in [0.15, 0.2) is 11.5 Å². The Bertz CT molecular complexity index is 603. The van der Waals surface area contributed by atoms with E-state index in [0.717, 1.165) is 24.2 Å². The van der Waals surface area contributed by atoms with Crippen LogP contribution in [0.2, 0.25) is 0 Å². The number of hydrogen-bond donors (Lipinski definition) is 0. The van der Waals surface area contributed by atoms with E-state index in [0.29, 0.717) is 30.4 Å². The van der Waals surface area contributed by atoms with Crippen molar-refractivity contribution in [3.63, 3.8) is 0 Å². The number of hydrogen-bond acceptors (Lipinski definition) is 6.